The molecule has 0 atom stereocenters. The molecule has 0 unspecified atom stereocenters. The van der Waals surface area contributed by atoms with E-state index in [1.54, 1.807) is 11.3 Å². The third kappa shape index (κ3) is 5.88. The van der Waals surface area contributed by atoms with Crippen LogP contribution in [0.5, 0.6) is 0 Å². The van der Waals surface area contributed by atoms with E-state index in [9.17, 15) is 0 Å². The standard InChI is InChI=1S/C26H32ClN3S/c1-26(2,3)13-10-24-30-23(17-31-24)20-6-4-18(5-7-20)16-29-25-21-12-15-28-14-11-19(21)8-9-22(25)27/h4-9,17,28-29H,10-16H2,1-3H3. The van der Waals surface area contributed by atoms with E-state index < -0.39 is 0 Å². The lowest BCUT2D eigenvalue weighted by Crippen LogP contribution is -2.16. The highest BCUT2D eigenvalue weighted by molar-refractivity contribution is 7.09. The highest BCUT2D eigenvalue weighted by Crippen LogP contribution is 2.31. The number of nitrogens with zero attached hydrogens (tertiary/aromatic N) is 1. The molecule has 0 saturated carbocycles. The second kappa shape index (κ2) is 9.72. The van der Waals surface area contributed by atoms with E-state index in [1.165, 1.54) is 27.3 Å². The number of benzene rings is 2. The van der Waals surface area contributed by atoms with Gasteiger partial charge in [0.2, 0.25) is 0 Å². The monoisotopic (exact) mass is 453 g/mol. The minimum absolute atomic E-state index is 0.344. The average molecular weight is 454 g/mol. The van der Waals surface area contributed by atoms with Crippen molar-refractivity contribution in [3.63, 3.8) is 0 Å². The summed E-state index contributed by atoms with van der Waals surface area (Å²) in [6, 6.07) is 12.9. The molecule has 5 heteroatoms. The first-order valence-electron chi connectivity index (χ1n) is 11.2. The third-order valence-electron chi connectivity index (χ3n) is 5.84. The first-order valence-corrected chi connectivity index (χ1v) is 12.4. The SMILES string of the molecule is CC(C)(C)CCc1nc(-c2ccc(CNc3c(Cl)ccc4c3CCNCC4)cc2)cs1. The Hall–Kier alpha value is -1.88. The van der Waals surface area contributed by atoms with Gasteiger partial charge in [0.05, 0.1) is 21.4 Å². The van der Waals surface area contributed by atoms with Crippen LogP contribution >= 0.6 is 22.9 Å². The summed E-state index contributed by atoms with van der Waals surface area (Å²) in [7, 11) is 0. The van der Waals surface area contributed by atoms with Crippen molar-refractivity contribution < 1.29 is 0 Å². The van der Waals surface area contributed by atoms with E-state index >= 15 is 0 Å². The Morgan fingerprint density at radius 1 is 1.06 bits per heavy atom. The van der Waals surface area contributed by atoms with Crippen LogP contribution in [0.25, 0.3) is 11.3 Å². The second-order valence-corrected chi connectivity index (χ2v) is 10.9. The average Bonchev–Trinajstić information content (AvgIpc) is 3.09. The van der Waals surface area contributed by atoms with Gasteiger partial charge in [0.15, 0.2) is 0 Å². The molecule has 3 aromatic rings. The molecule has 1 aromatic heterocycles. The first kappa shape index (κ1) is 22.3. The van der Waals surface area contributed by atoms with E-state index in [1.807, 2.05) is 6.07 Å². The molecule has 3 nitrogen and oxygen atoms in total. The smallest absolute Gasteiger partial charge is 0.0932 e. The van der Waals surface area contributed by atoms with Gasteiger partial charge in [-0.1, -0.05) is 62.7 Å². The van der Waals surface area contributed by atoms with Crippen molar-refractivity contribution in [2.45, 2.75) is 53.0 Å². The van der Waals surface area contributed by atoms with Crippen LogP contribution in [0.1, 0.15) is 48.9 Å². The summed E-state index contributed by atoms with van der Waals surface area (Å²) in [4.78, 5) is 4.86. The van der Waals surface area contributed by atoms with Crippen LogP contribution in [0.3, 0.4) is 0 Å². The number of halogens is 1. The van der Waals surface area contributed by atoms with Crippen LogP contribution in [0.4, 0.5) is 5.69 Å². The molecule has 1 aliphatic rings. The lowest BCUT2D eigenvalue weighted by molar-refractivity contribution is 0.378. The molecule has 0 bridgehead atoms. The van der Waals surface area contributed by atoms with E-state index in [2.05, 4.69) is 67.1 Å². The number of nitrogens with one attached hydrogen (secondary N) is 2. The number of hydrogen-bond donors (Lipinski definition) is 2. The van der Waals surface area contributed by atoms with Gasteiger partial charge in [0.25, 0.3) is 0 Å². The summed E-state index contributed by atoms with van der Waals surface area (Å²) in [5.41, 5.74) is 7.70. The van der Waals surface area contributed by atoms with Crippen molar-refractivity contribution in [3.8, 4) is 11.3 Å². The molecule has 31 heavy (non-hydrogen) atoms. The van der Waals surface area contributed by atoms with Gasteiger partial charge in [0.1, 0.15) is 0 Å². The van der Waals surface area contributed by atoms with Gasteiger partial charge in [-0.2, -0.15) is 0 Å². The normalized spacial score (nSPS) is 14.2. The Bertz CT molecular complexity index is 1020. The first-order chi connectivity index (χ1) is 14.9. The molecule has 0 spiro atoms. The van der Waals surface area contributed by atoms with Gasteiger partial charge < -0.3 is 10.6 Å². The molecule has 4 rings (SSSR count). The Balaban J connectivity index is 1.42. The van der Waals surface area contributed by atoms with Crippen LogP contribution in [0.2, 0.25) is 5.02 Å². The Kier molecular flexibility index (Phi) is 7.00. The molecule has 2 aromatic carbocycles. The van der Waals surface area contributed by atoms with Crippen molar-refractivity contribution in [1.82, 2.24) is 10.3 Å². The van der Waals surface area contributed by atoms with E-state index in [-0.39, 0.29) is 0 Å². The van der Waals surface area contributed by atoms with E-state index in [0.717, 1.165) is 61.7 Å². The molecular formula is C26H32ClN3S. The summed E-state index contributed by atoms with van der Waals surface area (Å²) in [5, 5.41) is 11.3. The summed E-state index contributed by atoms with van der Waals surface area (Å²) < 4.78 is 0. The molecule has 2 N–H and O–H groups in total. The van der Waals surface area contributed by atoms with Crippen molar-refractivity contribution >= 4 is 28.6 Å². The van der Waals surface area contributed by atoms with Crippen molar-refractivity contribution in [1.29, 1.82) is 0 Å². The maximum Gasteiger partial charge on any atom is 0.0932 e. The number of fused-ring (bicyclic) bond motifs is 1. The van der Waals surface area contributed by atoms with E-state index in [4.69, 9.17) is 16.6 Å². The van der Waals surface area contributed by atoms with Crippen molar-refractivity contribution in [2.75, 3.05) is 18.4 Å². The summed E-state index contributed by atoms with van der Waals surface area (Å²) in [6.07, 6.45) is 4.28. The minimum atomic E-state index is 0.344. The zero-order valence-corrected chi connectivity index (χ0v) is 20.3. The molecule has 0 amide bonds. The second-order valence-electron chi connectivity index (χ2n) is 9.55. The van der Waals surface area contributed by atoms with Crippen LogP contribution < -0.4 is 10.6 Å². The lowest BCUT2D eigenvalue weighted by Gasteiger charge is -2.16. The van der Waals surface area contributed by atoms with Crippen LogP contribution in [-0.4, -0.2) is 18.1 Å². The molecule has 1 aliphatic heterocycles. The van der Waals surface area contributed by atoms with Gasteiger partial charge in [-0.15, -0.1) is 11.3 Å². The fraction of sp³-hybridized carbons (Fsp3) is 0.423. The molecule has 0 aliphatic carbocycles. The van der Waals surface area contributed by atoms with Crippen LogP contribution in [0, 0.1) is 5.41 Å². The molecule has 0 saturated heterocycles. The molecule has 164 valence electrons. The number of rotatable bonds is 6. The molecular weight excluding hydrogens is 422 g/mol. The predicted molar refractivity (Wildman–Crippen MR) is 134 cm³/mol. The van der Waals surface area contributed by atoms with Gasteiger partial charge >= 0.3 is 0 Å². The fourth-order valence-electron chi connectivity index (χ4n) is 3.96. The predicted octanol–water partition coefficient (Wildman–Crippen LogP) is 6.74. The van der Waals surface area contributed by atoms with E-state index in [0.29, 0.717) is 5.41 Å². The van der Waals surface area contributed by atoms with Crippen LogP contribution in [-0.2, 0) is 25.8 Å². The topological polar surface area (TPSA) is 37.0 Å². The summed E-state index contributed by atoms with van der Waals surface area (Å²) >= 11 is 8.32. The molecule has 0 radical (unpaired) electrons. The number of aryl methyl sites for hydroxylation is 1. The Morgan fingerprint density at radius 2 is 1.84 bits per heavy atom. The third-order valence-corrected chi connectivity index (χ3v) is 7.07. The van der Waals surface area contributed by atoms with Crippen molar-refractivity contribution in [2.24, 2.45) is 5.41 Å². The maximum atomic E-state index is 6.55. The quantitative estimate of drug-likeness (QED) is 0.433. The Morgan fingerprint density at radius 3 is 2.61 bits per heavy atom. The van der Waals surface area contributed by atoms with Gasteiger partial charge in [-0.25, -0.2) is 4.98 Å². The zero-order chi connectivity index (χ0) is 21.8. The highest BCUT2D eigenvalue weighted by Gasteiger charge is 2.15. The fourth-order valence-corrected chi connectivity index (χ4v) is 5.01. The van der Waals surface area contributed by atoms with Gasteiger partial charge in [-0.3, -0.25) is 0 Å². The number of thiazole rings is 1. The van der Waals surface area contributed by atoms with Crippen LogP contribution in [0.15, 0.2) is 41.8 Å². The highest BCUT2D eigenvalue weighted by atomic mass is 35.5. The summed E-state index contributed by atoms with van der Waals surface area (Å²) in [6.45, 7) is 9.64. The zero-order valence-electron chi connectivity index (χ0n) is 18.7. The van der Waals surface area contributed by atoms with Gasteiger partial charge in [-0.05, 0) is 66.9 Å². The van der Waals surface area contributed by atoms with Gasteiger partial charge in [0, 0.05) is 17.5 Å². The molecule has 0 fully saturated rings. The van der Waals surface area contributed by atoms with Crippen molar-refractivity contribution in [3.05, 3.63) is 68.5 Å². The number of aromatic nitrogens is 1. The number of anilines is 1. The molecule has 2 heterocycles. The lowest BCUT2D eigenvalue weighted by atomic mass is 9.91. The Labute approximate surface area is 195 Å². The summed E-state index contributed by atoms with van der Waals surface area (Å²) in [5.74, 6) is 0. The largest absolute Gasteiger partial charge is 0.380 e. The number of hydrogen-bond acceptors (Lipinski definition) is 4. The minimum Gasteiger partial charge on any atom is -0.380 e. The maximum absolute atomic E-state index is 6.55.